The van der Waals surface area contributed by atoms with Gasteiger partial charge in [0.05, 0.1) is 0 Å². The summed E-state index contributed by atoms with van der Waals surface area (Å²) in [5.74, 6) is 0. The zero-order valence-electron chi connectivity index (χ0n) is 4.46. The molecule has 0 bridgehead atoms. The van der Waals surface area contributed by atoms with Crippen LogP contribution in [-0.4, -0.2) is 8.40 Å². The molecule has 1 heterocycles. The van der Waals surface area contributed by atoms with Gasteiger partial charge in [0.15, 0.2) is 0 Å². The molecule has 0 aliphatic rings. The Morgan fingerprint density at radius 2 is 1.75 bits per heavy atom. The molecule has 0 spiro atoms. The summed E-state index contributed by atoms with van der Waals surface area (Å²) in [5, 5.41) is 0. The van der Waals surface area contributed by atoms with E-state index in [9.17, 15) is 0 Å². The maximum Gasteiger partial charge on any atom is 0.130 e. The predicted molar refractivity (Wildman–Crippen MR) is 36.6 cm³/mol. The van der Waals surface area contributed by atoms with Crippen molar-refractivity contribution >= 4 is 8.40 Å². The fourth-order valence-electron chi connectivity index (χ4n) is 0.534. The minimum Gasteiger partial charge on any atom is -0.122 e. The van der Waals surface area contributed by atoms with Crippen molar-refractivity contribution in [3.63, 3.8) is 0 Å². The monoisotopic (exact) mass is 118 g/mol. The van der Waals surface area contributed by atoms with Crippen LogP contribution in [0.5, 0.6) is 0 Å². The van der Waals surface area contributed by atoms with Gasteiger partial charge in [0.25, 0.3) is 0 Å². The van der Waals surface area contributed by atoms with Gasteiger partial charge < -0.3 is 0 Å². The highest BCUT2D eigenvalue weighted by molar-refractivity contribution is 6.59. The first-order chi connectivity index (χ1) is 3.93. The molecule has 1 aromatic heterocycles. The summed E-state index contributed by atoms with van der Waals surface area (Å²) in [5.41, 5.74) is 6.89. The van der Waals surface area contributed by atoms with Crippen LogP contribution in [0.1, 0.15) is 0 Å². The Kier molecular flexibility index (Phi) is 1.61. The standard InChI is InChI=1S/C7H6Si/c1-2-8-6-4-3-5-7-8/h1,3-7H. The van der Waals surface area contributed by atoms with Crippen LogP contribution in [0.3, 0.4) is 0 Å². The zero-order chi connectivity index (χ0) is 5.82. The second-order valence-electron chi connectivity index (χ2n) is 1.51. The van der Waals surface area contributed by atoms with Crippen LogP contribution in [0.15, 0.2) is 29.6 Å². The molecule has 0 N–H and O–H groups in total. The largest absolute Gasteiger partial charge is 0.130 e. The van der Waals surface area contributed by atoms with Gasteiger partial charge in [-0.3, -0.25) is 0 Å². The fourth-order valence-corrected chi connectivity index (χ4v) is 1.47. The Morgan fingerprint density at radius 1 is 1.12 bits per heavy atom. The first-order valence-electron chi connectivity index (χ1n) is 2.45. The third-order valence-corrected chi connectivity index (χ3v) is 2.38. The minimum atomic E-state index is -0.652. The van der Waals surface area contributed by atoms with E-state index in [1.807, 2.05) is 18.2 Å². The molecule has 0 unspecified atom stereocenters. The van der Waals surface area contributed by atoms with E-state index in [4.69, 9.17) is 6.42 Å². The summed E-state index contributed by atoms with van der Waals surface area (Å²) >= 11 is 0. The molecule has 0 saturated carbocycles. The van der Waals surface area contributed by atoms with Crippen LogP contribution >= 0.6 is 0 Å². The Morgan fingerprint density at radius 3 is 2.12 bits per heavy atom. The van der Waals surface area contributed by atoms with Gasteiger partial charge in [-0.25, -0.2) is 0 Å². The van der Waals surface area contributed by atoms with Crippen molar-refractivity contribution in [3.05, 3.63) is 29.6 Å². The van der Waals surface area contributed by atoms with Crippen LogP contribution in [0, 0.1) is 12.0 Å². The van der Waals surface area contributed by atoms with Crippen LogP contribution in [0.25, 0.3) is 0 Å². The summed E-state index contributed by atoms with van der Waals surface area (Å²) in [4.78, 5) is 0. The van der Waals surface area contributed by atoms with Gasteiger partial charge in [-0.1, -0.05) is 29.6 Å². The van der Waals surface area contributed by atoms with Gasteiger partial charge in [-0.2, -0.15) is 0 Å². The minimum absolute atomic E-state index is 0.652. The maximum atomic E-state index is 5.18. The molecule has 1 rings (SSSR count). The lowest BCUT2D eigenvalue weighted by molar-refractivity contribution is 1.85. The smallest absolute Gasteiger partial charge is 0.122 e. The van der Waals surface area contributed by atoms with Crippen LogP contribution < -0.4 is 0 Å². The van der Waals surface area contributed by atoms with Crippen LogP contribution in [0.2, 0.25) is 0 Å². The van der Waals surface area contributed by atoms with Crippen molar-refractivity contribution in [3.8, 4) is 12.0 Å². The van der Waals surface area contributed by atoms with Gasteiger partial charge in [0.1, 0.15) is 8.40 Å². The van der Waals surface area contributed by atoms with E-state index in [-0.39, 0.29) is 0 Å². The molecule has 1 heteroatoms. The molecule has 0 aromatic carbocycles. The van der Waals surface area contributed by atoms with E-state index in [0.717, 1.165) is 0 Å². The van der Waals surface area contributed by atoms with Crippen molar-refractivity contribution in [2.45, 2.75) is 0 Å². The molecule has 0 aliphatic carbocycles. The van der Waals surface area contributed by atoms with E-state index >= 15 is 0 Å². The van der Waals surface area contributed by atoms with Gasteiger partial charge in [0.2, 0.25) is 0 Å². The predicted octanol–water partition coefficient (Wildman–Crippen LogP) is 1.15. The Balaban J connectivity index is 3.05. The van der Waals surface area contributed by atoms with Gasteiger partial charge in [-0.05, 0) is 0 Å². The Hall–Kier alpha value is -0.873. The quantitative estimate of drug-likeness (QED) is 0.354. The number of terminal acetylenes is 1. The van der Waals surface area contributed by atoms with Crippen molar-refractivity contribution in [1.29, 1.82) is 0 Å². The van der Waals surface area contributed by atoms with Crippen molar-refractivity contribution < 1.29 is 0 Å². The molecule has 0 radical (unpaired) electrons. The highest BCUT2D eigenvalue weighted by Gasteiger charge is 1.78. The Bertz CT molecular complexity index is 195. The lowest BCUT2D eigenvalue weighted by Gasteiger charge is -1.80. The lowest BCUT2D eigenvalue weighted by atomic mass is 10.6. The van der Waals surface area contributed by atoms with E-state index in [0.29, 0.717) is 0 Å². The molecule has 0 nitrogen and oxygen atoms in total. The van der Waals surface area contributed by atoms with Gasteiger partial charge in [0, 0.05) is 0 Å². The molecule has 1 aromatic rings. The Labute approximate surface area is 50.7 Å². The van der Waals surface area contributed by atoms with Gasteiger partial charge >= 0.3 is 0 Å². The summed E-state index contributed by atoms with van der Waals surface area (Å²) in [7, 11) is -0.652. The second kappa shape index (κ2) is 2.44. The molecule has 0 amide bonds. The SMILES string of the molecule is C#C[si]1ccccc1. The van der Waals surface area contributed by atoms with Crippen molar-refractivity contribution in [1.82, 2.24) is 0 Å². The first kappa shape index (κ1) is 5.27. The summed E-state index contributed by atoms with van der Waals surface area (Å²) in [6.07, 6.45) is 5.18. The summed E-state index contributed by atoms with van der Waals surface area (Å²) in [6, 6.07) is 6.01. The first-order valence-corrected chi connectivity index (χ1v) is 4.10. The number of rotatable bonds is 0. The number of hydrogen-bond donors (Lipinski definition) is 0. The third-order valence-electron chi connectivity index (χ3n) is 0.940. The topological polar surface area (TPSA) is 0 Å². The summed E-state index contributed by atoms with van der Waals surface area (Å²) in [6.45, 7) is 0. The van der Waals surface area contributed by atoms with E-state index in [1.165, 1.54) is 0 Å². The van der Waals surface area contributed by atoms with E-state index < -0.39 is 8.40 Å². The number of hydrogen-bond acceptors (Lipinski definition) is 0. The van der Waals surface area contributed by atoms with Gasteiger partial charge in [-0.15, -0.1) is 12.0 Å². The highest BCUT2D eigenvalue weighted by Crippen LogP contribution is 1.81. The fraction of sp³-hybridized carbons (Fsp3) is 0. The van der Waals surface area contributed by atoms with Crippen molar-refractivity contribution in [2.24, 2.45) is 0 Å². The molecule has 0 atom stereocenters. The van der Waals surface area contributed by atoms with E-state index in [2.05, 4.69) is 16.9 Å². The maximum absolute atomic E-state index is 5.18. The van der Waals surface area contributed by atoms with Crippen LogP contribution in [0.4, 0.5) is 0 Å². The highest BCUT2D eigenvalue weighted by atomic mass is 28.2. The third kappa shape index (κ3) is 1.05. The second-order valence-corrected chi connectivity index (χ2v) is 3.38. The van der Waals surface area contributed by atoms with E-state index in [1.54, 1.807) is 0 Å². The molecule has 0 saturated heterocycles. The molecule has 38 valence electrons. The molecular weight excluding hydrogens is 112 g/mol. The van der Waals surface area contributed by atoms with Crippen LogP contribution in [-0.2, 0) is 0 Å². The molecule has 0 fully saturated rings. The molecule has 8 heavy (non-hydrogen) atoms. The average molecular weight is 118 g/mol. The van der Waals surface area contributed by atoms with Crippen molar-refractivity contribution in [2.75, 3.05) is 0 Å². The normalized spacial score (nSPS) is 7.88. The molecular formula is C7H6Si. The molecule has 0 aliphatic heterocycles. The summed E-state index contributed by atoms with van der Waals surface area (Å²) < 4.78 is 0. The zero-order valence-corrected chi connectivity index (χ0v) is 5.46. The lowest BCUT2D eigenvalue weighted by Crippen LogP contribution is -1.85. The average Bonchev–Trinajstić information content (AvgIpc) is 1.90.